The number of pyridine rings is 1. The summed E-state index contributed by atoms with van der Waals surface area (Å²) in [6.07, 6.45) is 1.95. The molecule has 1 N–H and O–H groups in total. The van der Waals surface area contributed by atoms with Gasteiger partial charge in [0.15, 0.2) is 0 Å². The monoisotopic (exact) mass is 303 g/mol. The number of nitrogens with zero attached hydrogens (tertiary/aromatic N) is 2. The lowest BCUT2D eigenvalue weighted by Gasteiger charge is -2.29. The molecular formula is C16H18ClN3O. The molecule has 110 valence electrons. The van der Waals surface area contributed by atoms with E-state index in [1.54, 1.807) is 6.07 Å². The van der Waals surface area contributed by atoms with E-state index in [9.17, 15) is 4.79 Å². The molecule has 21 heavy (non-hydrogen) atoms. The van der Waals surface area contributed by atoms with E-state index >= 15 is 0 Å². The van der Waals surface area contributed by atoms with Crippen molar-refractivity contribution in [1.29, 1.82) is 0 Å². The molecule has 1 aromatic heterocycles. The van der Waals surface area contributed by atoms with Gasteiger partial charge in [0.1, 0.15) is 5.69 Å². The maximum Gasteiger partial charge on any atom is 0.270 e. The number of carbonyl (C=O) groups is 1. The molecule has 1 amide bonds. The maximum atomic E-state index is 12.3. The second kappa shape index (κ2) is 6.00. The first kappa shape index (κ1) is 14.3. The van der Waals surface area contributed by atoms with Crippen LogP contribution in [-0.2, 0) is 0 Å². The normalized spacial score (nSPS) is 17.0. The first-order valence-electron chi connectivity index (χ1n) is 7.18. The number of halogens is 1. The van der Waals surface area contributed by atoms with Crippen LogP contribution in [0.1, 0.15) is 23.3 Å². The number of likely N-dealkylation sites (tertiary alicyclic amines) is 1. The third kappa shape index (κ3) is 3.17. The Kier molecular flexibility index (Phi) is 4.08. The third-order valence-electron chi connectivity index (χ3n) is 3.95. The topological polar surface area (TPSA) is 45.2 Å². The summed E-state index contributed by atoms with van der Waals surface area (Å²) in [6, 6.07) is 9.45. The van der Waals surface area contributed by atoms with Crippen LogP contribution in [0.4, 0.5) is 0 Å². The van der Waals surface area contributed by atoms with Crippen LogP contribution in [0.3, 0.4) is 0 Å². The molecule has 1 fully saturated rings. The maximum absolute atomic E-state index is 12.3. The van der Waals surface area contributed by atoms with Gasteiger partial charge in [0.2, 0.25) is 0 Å². The fourth-order valence-electron chi connectivity index (χ4n) is 2.66. The van der Waals surface area contributed by atoms with Crippen LogP contribution in [0.15, 0.2) is 30.3 Å². The number of amides is 1. The Morgan fingerprint density at radius 1 is 1.33 bits per heavy atom. The van der Waals surface area contributed by atoms with Crippen molar-refractivity contribution in [2.75, 3.05) is 20.1 Å². The first-order chi connectivity index (χ1) is 10.1. The summed E-state index contributed by atoms with van der Waals surface area (Å²) < 4.78 is 0. The molecule has 3 rings (SSSR count). The van der Waals surface area contributed by atoms with Crippen molar-refractivity contribution in [2.45, 2.75) is 18.9 Å². The van der Waals surface area contributed by atoms with Gasteiger partial charge >= 0.3 is 0 Å². The lowest BCUT2D eigenvalue weighted by Crippen LogP contribution is -2.43. The van der Waals surface area contributed by atoms with Crippen molar-refractivity contribution >= 4 is 28.4 Å². The molecule has 0 aliphatic carbocycles. The highest BCUT2D eigenvalue weighted by Crippen LogP contribution is 2.23. The SMILES string of the molecule is CN1CCC(NC(=O)c2cc(Cl)c3ccccc3n2)CC1. The fourth-order valence-corrected chi connectivity index (χ4v) is 2.92. The van der Waals surface area contributed by atoms with E-state index in [0.717, 1.165) is 36.8 Å². The zero-order valence-corrected chi connectivity index (χ0v) is 12.7. The van der Waals surface area contributed by atoms with Crippen LogP contribution >= 0.6 is 11.6 Å². The number of rotatable bonds is 2. The minimum atomic E-state index is -0.141. The third-order valence-corrected chi connectivity index (χ3v) is 4.26. The average Bonchev–Trinajstić information content (AvgIpc) is 2.49. The van der Waals surface area contributed by atoms with Gasteiger partial charge in [0.05, 0.1) is 10.5 Å². The first-order valence-corrected chi connectivity index (χ1v) is 7.56. The summed E-state index contributed by atoms with van der Waals surface area (Å²) in [6.45, 7) is 2.02. The number of carbonyl (C=O) groups excluding carboxylic acids is 1. The summed E-state index contributed by atoms with van der Waals surface area (Å²) in [5, 5.41) is 4.50. The van der Waals surface area contributed by atoms with Crippen LogP contribution in [0, 0.1) is 0 Å². The number of aromatic nitrogens is 1. The van der Waals surface area contributed by atoms with Gasteiger partial charge in [0, 0.05) is 11.4 Å². The summed E-state index contributed by atoms with van der Waals surface area (Å²) in [7, 11) is 2.10. The number of hydrogen-bond acceptors (Lipinski definition) is 3. The molecule has 0 radical (unpaired) electrons. The molecule has 0 spiro atoms. The molecule has 0 saturated carbocycles. The number of piperidine rings is 1. The molecule has 4 nitrogen and oxygen atoms in total. The standard InChI is InChI=1S/C16H18ClN3O/c1-20-8-6-11(7-9-20)18-16(21)15-10-13(17)12-4-2-3-5-14(12)19-15/h2-5,10-11H,6-9H2,1H3,(H,18,21). The largest absolute Gasteiger partial charge is 0.348 e. The van der Waals surface area contributed by atoms with E-state index in [1.807, 2.05) is 24.3 Å². The van der Waals surface area contributed by atoms with Gasteiger partial charge in [0.25, 0.3) is 5.91 Å². The molecule has 1 aliphatic rings. The smallest absolute Gasteiger partial charge is 0.270 e. The van der Waals surface area contributed by atoms with Crippen molar-refractivity contribution in [3.05, 3.63) is 41.0 Å². The van der Waals surface area contributed by atoms with E-state index in [0.29, 0.717) is 10.7 Å². The lowest BCUT2D eigenvalue weighted by molar-refractivity contribution is 0.0912. The molecule has 5 heteroatoms. The van der Waals surface area contributed by atoms with Gasteiger partial charge in [-0.25, -0.2) is 4.98 Å². The second-order valence-electron chi connectivity index (χ2n) is 5.56. The van der Waals surface area contributed by atoms with E-state index < -0.39 is 0 Å². The second-order valence-corrected chi connectivity index (χ2v) is 5.96. The zero-order valence-electron chi connectivity index (χ0n) is 12.0. The van der Waals surface area contributed by atoms with Crippen molar-refractivity contribution < 1.29 is 4.79 Å². The van der Waals surface area contributed by atoms with Crippen molar-refractivity contribution in [3.8, 4) is 0 Å². The molecule has 0 unspecified atom stereocenters. The van der Waals surface area contributed by atoms with Gasteiger partial charge in [-0.1, -0.05) is 29.8 Å². The van der Waals surface area contributed by atoms with Crippen LogP contribution in [-0.4, -0.2) is 42.0 Å². The van der Waals surface area contributed by atoms with Crippen molar-refractivity contribution in [3.63, 3.8) is 0 Å². The Balaban J connectivity index is 1.78. The highest BCUT2D eigenvalue weighted by molar-refractivity contribution is 6.35. The van der Waals surface area contributed by atoms with E-state index in [-0.39, 0.29) is 11.9 Å². The quantitative estimate of drug-likeness (QED) is 0.928. The highest BCUT2D eigenvalue weighted by Gasteiger charge is 2.20. The van der Waals surface area contributed by atoms with E-state index in [2.05, 4.69) is 22.2 Å². The minimum absolute atomic E-state index is 0.141. The predicted octanol–water partition coefficient (Wildman–Crippen LogP) is 2.71. The Morgan fingerprint density at radius 2 is 2.05 bits per heavy atom. The number of hydrogen-bond donors (Lipinski definition) is 1. The molecule has 1 saturated heterocycles. The van der Waals surface area contributed by atoms with Gasteiger partial charge < -0.3 is 10.2 Å². The molecule has 1 aromatic carbocycles. The van der Waals surface area contributed by atoms with Crippen LogP contribution in [0.5, 0.6) is 0 Å². The van der Waals surface area contributed by atoms with E-state index in [1.165, 1.54) is 0 Å². The Bertz CT molecular complexity index is 666. The van der Waals surface area contributed by atoms with Gasteiger partial charge in [-0.15, -0.1) is 0 Å². The molecule has 0 bridgehead atoms. The molecule has 2 heterocycles. The Labute approximate surface area is 129 Å². The van der Waals surface area contributed by atoms with Gasteiger partial charge in [-0.3, -0.25) is 4.79 Å². The minimum Gasteiger partial charge on any atom is -0.348 e. The molecular weight excluding hydrogens is 286 g/mol. The number of benzene rings is 1. The number of fused-ring (bicyclic) bond motifs is 1. The van der Waals surface area contributed by atoms with Crippen LogP contribution < -0.4 is 5.32 Å². The highest BCUT2D eigenvalue weighted by atomic mass is 35.5. The van der Waals surface area contributed by atoms with Crippen LogP contribution in [0.25, 0.3) is 10.9 Å². The van der Waals surface area contributed by atoms with E-state index in [4.69, 9.17) is 11.6 Å². The lowest BCUT2D eigenvalue weighted by atomic mass is 10.1. The zero-order chi connectivity index (χ0) is 14.8. The predicted molar refractivity (Wildman–Crippen MR) is 84.7 cm³/mol. The van der Waals surface area contributed by atoms with Gasteiger partial charge in [-0.2, -0.15) is 0 Å². The average molecular weight is 304 g/mol. The van der Waals surface area contributed by atoms with Crippen molar-refractivity contribution in [1.82, 2.24) is 15.2 Å². The van der Waals surface area contributed by atoms with Crippen molar-refractivity contribution in [2.24, 2.45) is 0 Å². The Hall–Kier alpha value is -1.65. The number of nitrogens with one attached hydrogen (secondary N) is 1. The molecule has 1 aliphatic heterocycles. The van der Waals surface area contributed by atoms with Gasteiger partial charge in [-0.05, 0) is 45.1 Å². The summed E-state index contributed by atoms with van der Waals surface area (Å²) in [5.74, 6) is -0.141. The van der Waals surface area contributed by atoms with Crippen LogP contribution in [0.2, 0.25) is 5.02 Å². The molecule has 0 atom stereocenters. The number of para-hydroxylation sites is 1. The summed E-state index contributed by atoms with van der Waals surface area (Å²) >= 11 is 6.24. The Morgan fingerprint density at radius 3 is 2.81 bits per heavy atom. The fraction of sp³-hybridized carbons (Fsp3) is 0.375. The summed E-state index contributed by atoms with van der Waals surface area (Å²) in [5.41, 5.74) is 1.14. The summed E-state index contributed by atoms with van der Waals surface area (Å²) in [4.78, 5) is 19.0. The molecule has 2 aromatic rings.